The summed E-state index contributed by atoms with van der Waals surface area (Å²) in [4.78, 5) is 14.0. The number of aromatic nitrogens is 1. The molecule has 0 radical (unpaired) electrons. The van der Waals surface area contributed by atoms with E-state index in [1.807, 2.05) is 13.8 Å². The number of aryl methyl sites for hydroxylation is 3. The molecule has 1 heterocycles. The minimum atomic E-state index is -0.132. The van der Waals surface area contributed by atoms with Gasteiger partial charge < -0.3 is 14.7 Å². The third kappa shape index (κ3) is 4.16. The van der Waals surface area contributed by atoms with Crippen molar-refractivity contribution in [2.24, 2.45) is 0 Å². The van der Waals surface area contributed by atoms with Gasteiger partial charge in [0.2, 0.25) is 0 Å². The van der Waals surface area contributed by atoms with Gasteiger partial charge in [-0.05, 0) is 26.3 Å². The molecule has 5 heteroatoms. The number of nitrogens with zero attached hydrogens (tertiary/aromatic N) is 2. The normalized spacial score (nSPS) is 11.4. The second-order valence-corrected chi connectivity index (χ2v) is 7.07. The van der Waals surface area contributed by atoms with Gasteiger partial charge in [-0.25, -0.2) is 4.79 Å². The van der Waals surface area contributed by atoms with Crippen LogP contribution in [0.4, 0.5) is 4.79 Å². The van der Waals surface area contributed by atoms with E-state index in [0.717, 1.165) is 17.0 Å². The zero-order valence-electron chi connectivity index (χ0n) is 15.4. The van der Waals surface area contributed by atoms with Crippen LogP contribution in [0.3, 0.4) is 0 Å². The van der Waals surface area contributed by atoms with Crippen LogP contribution in [-0.4, -0.2) is 29.7 Å². The molecular formula is C19H27N3O2. The SMILES string of the molecule is Cc1ccc(C(C)(C)CNC(=O)N(C)Cc2c(C)noc2C)cc1. The lowest BCUT2D eigenvalue weighted by Crippen LogP contribution is -2.43. The molecule has 0 saturated heterocycles. The van der Waals surface area contributed by atoms with Crippen LogP contribution in [0.1, 0.15) is 42.0 Å². The van der Waals surface area contributed by atoms with Crippen molar-refractivity contribution in [2.45, 2.75) is 46.6 Å². The molecule has 0 saturated carbocycles. The molecule has 24 heavy (non-hydrogen) atoms. The van der Waals surface area contributed by atoms with Gasteiger partial charge in [0, 0.05) is 24.6 Å². The topological polar surface area (TPSA) is 58.4 Å². The Morgan fingerprint density at radius 1 is 1.21 bits per heavy atom. The van der Waals surface area contributed by atoms with E-state index in [2.05, 4.69) is 55.5 Å². The maximum atomic E-state index is 12.4. The molecule has 0 bridgehead atoms. The van der Waals surface area contributed by atoms with Crippen LogP contribution < -0.4 is 5.32 Å². The Morgan fingerprint density at radius 3 is 2.38 bits per heavy atom. The van der Waals surface area contributed by atoms with Gasteiger partial charge in [-0.3, -0.25) is 0 Å². The molecule has 1 aromatic heterocycles. The Hall–Kier alpha value is -2.30. The van der Waals surface area contributed by atoms with Crippen LogP contribution in [0.2, 0.25) is 0 Å². The summed E-state index contributed by atoms with van der Waals surface area (Å²) in [6.45, 7) is 11.1. The Morgan fingerprint density at radius 2 is 1.83 bits per heavy atom. The van der Waals surface area contributed by atoms with E-state index in [4.69, 9.17) is 4.52 Å². The number of carbonyl (C=O) groups is 1. The van der Waals surface area contributed by atoms with Gasteiger partial charge >= 0.3 is 6.03 Å². The van der Waals surface area contributed by atoms with Crippen LogP contribution >= 0.6 is 0 Å². The smallest absolute Gasteiger partial charge is 0.317 e. The fourth-order valence-corrected chi connectivity index (χ4v) is 2.57. The van der Waals surface area contributed by atoms with Crippen molar-refractivity contribution in [2.75, 3.05) is 13.6 Å². The third-order valence-corrected chi connectivity index (χ3v) is 4.44. The van der Waals surface area contributed by atoms with Crippen LogP contribution in [0.15, 0.2) is 28.8 Å². The zero-order chi connectivity index (χ0) is 17.9. The molecule has 2 amide bonds. The van der Waals surface area contributed by atoms with Gasteiger partial charge in [-0.15, -0.1) is 0 Å². The largest absolute Gasteiger partial charge is 0.361 e. The Labute approximate surface area is 144 Å². The van der Waals surface area contributed by atoms with E-state index >= 15 is 0 Å². The minimum absolute atomic E-state index is 0.102. The molecule has 0 aliphatic heterocycles. The average Bonchev–Trinajstić information content (AvgIpc) is 2.85. The van der Waals surface area contributed by atoms with E-state index in [-0.39, 0.29) is 11.4 Å². The number of benzene rings is 1. The molecule has 0 spiro atoms. The molecule has 1 aromatic carbocycles. The maximum absolute atomic E-state index is 12.4. The Kier molecular flexibility index (Phi) is 5.32. The summed E-state index contributed by atoms with van der Waals surface area (Å²) in [5.74, 6) is 0.757. The Balaban J connectivity index is 1.95. The standard InChI is InChI=1S/C19H27N3O2/c1-13-7-9-16(10-8-13)19(4,5)12-20-18(23)22(6)11-17-14(2)21-24-15(17)3/h7-10H,11-12H2,1-6H3,(H,20,23). The predicted octanol–water partition coefficient (Wildman–Crippen LogP) is 3.72. The third-order valence-electron chi connectivity index (χ3n) is 4.44. The second-order valence-electron chi connectivity index (χ2n) is 7.07. The number of carbonyl (C=O) groups excluding carboxylic acids is 1. The van der Waals surface area contributed by atoms with E-state index in [1.54, 1.807) is 11.9 Å². The number of rotatable bonds is 5. The van der Waals surface area contributed by atoms with Crippen molar-refractivity contribution in [3.63, 3.8) is 0 Å². The first-order chi connectivity index (χ1) is 11.2. The molecule has 0 aliphatic carbocycles. The van der Waals surface area contributed by atoms with E-state index < -0.39 is 0 Å². The lowest BCUT2D eigenvalue weighted by molar-refractivity contribution is 0.204. The molecule has 5 nitrogen and oxygen atoms in total. The zero-order valence-corrected chi connectivity index (χ0v) is 15.4. The fourth-order valence-electron chi connectivity index (χ4n) is 2.57. The van der Waals surface area contributed by atoms with Gasteiger partial charge in [0.25, 0.3) is 0 Å². The molecule has 2 aromatic rings. The van der Waals surface area contributed by atoms with Gasteiger partial charge in [-0.1, -0.05) is 48.8 Å². The first-order valence-electron chi connectivity index (χ1n) is 8.18. The summed E-state index contributed by atoms with van der Waals surface area (Å²) in [5.41, 5.74) is 4.10. The van der Waals surface area contributed by atoms with Crippen LogP contribution in [0, 0.1) is 20.8 Å². The van der Waals surface area contributed by atoms with Crippen molar-refractivity contribution in [3.05, 3.63) is 52.4 Å². The van der Waals surface area contributed by atoms with Crippen LogP contribution in [-0.2, 0) is 12.0 Å². The molecule has 130 valence electrons. The maximum Gasteiger partial charge on any atom is 0.317 e. The first-order valence-corrected chi connectivity index (χ1v) is 8.18. The van der Waals surface area contributed by atoms with Gasteiger partial charge in [0.1, 0.15) is 5.76 Å². The van der Waals surface area contributed by atoms with E-state index in [1.165, 1.54) is 11.1 Å². The number of amides is 2. The minimum Gasteiger partial charge on any atom is -0.361 e. The molecule has 1 N–H and O–H groups in total. The molecule has 0 unspecified atom stereocenters. The Bertz CT molecular complexity index is 682. The quantitative estimate of drug-likeness (QED) is 0.909. The van der Waals surface area contributed by atoms with Gasteiger partial charge in [0.15, 0.2) is 0 Å². The highest BCUT2D eigenvalue weighted by Gasteiger charge is 2.23. The van der Waals surface area contributed by atoms with Crippen molar-refractivity contribution in [1.29, 1.82) is 0 Å². The van der Waals surface area contributed by atoms with Crippen molar-refractivity contribution >= 4 is 6.03 Å². The van der Waals surface area contributed by atoms with Crippen molar-refractivity contribution < 1.29 is 9.32 Å². The molecule has 0 aliphatic rings. The fraction of sp³-hybridized carbons (Fsp3) is 0.474. The number of hydrogen-bond acceptors (Lipinski definition) is 3. The lowest BCUT2D eigenvalue weighted by atomic mass is 9.84. The predicted molar refractivity (Wildman–Crippen MR) is 95.0 cm³/mol. The average molecular weight is 329 g/mol. The molecule has 0 atom stereocenters. The summed E-state index contributed by atoms with van der Waals surface area (Å²) in [6.07, 6.45) is 0. The first kappa shape index (κ1) is 18.0. The van der Waals surface area contributed by atoms with Crippen molar-refractivity contribution in [1.82, 2.24) is 15.4 Å². The molecular weight excluding hydrogens is 302 g/mol. The summed E-state index contributed by atoms with van der Waals surface area (Å²) in [6, 6.07) is 8.34. The van der Waals surface area contributed by atoms with Gasteiger partial charge in [-0.2, -0.15) is 0 Å². The number of hydrogen-bond donors (Lipinski definition) is 1. The second kappa shape index (κ2) is 7.07. The highest BCUT2D eigenvalue weighted by atomic mass is 16.5. The summed E-state index contributed by atoms with van der Waals surface area (Å²) >= 11 is 0. The molecule has 2 rings (SSSR count). The van der Waals surface area contributed by atoms with E-state index in [9.17, 15) is 4.79 Å². The lowest BCUT2D eigenvalue weighted by Gasteiger charge is -2.27. The molecule has 0 fully saturated rings. The highest BCUT2D eigenvalue weighted by Crippen LogP contribution is 2.22. The summed E-state index contributed by atoms with van der Waals surface area (Å²) in [5, 5.41) is 6.95. The number of nitrogens with one attached hydrogen (secondary N) is 1. The van der Waals surface area contributed by atoms with Crippen LogP contribution in [0.5, 0.6) is 0 Å². The van der Waals surface area contributed by atoms with Crippen LogP contribution in [0.25, 0.3) is 0 Å². The summed E-state index contributed by atoms with van der Waals surface area (Å²) < 4.78 is 5.15. The van der Waals surface area contributed by atoms with Crippen molar-refractivity contribution in [3.8, 4) is 0 Å². The number of urea groups is 1. The summed E-state index contributed by atoms with van der Waals surface area (Å²) in [7, 11) is 1.78. The highest BCUT2D eigenvalue weighted by molar-refractivity contribution is 5.74. The monoisotopic (exact) mass is 329 g/mol. The van der Waals surface area contributed by atoms with Gasteiger partial charge in [0.05, 0.1) is 12.2 Å². The van der Waals surface area contributed by atoms with E-state index in [0.29, 0.717) is 13.1 Å².